The zero-order valence-corrected chi connectivity index (χ0v) is 12.9. The molecule has 0 saturated carbocycles. The third kappa shape index (κ3) is 3.14. The monoisotopic (exact) mass is 295 g/mol. The highest BCUT2D eigenvalue weighted by molar-refractivity contribution is 5.94. The number of carbonyl (C=O) groups is 1. The van der Waals surface area contributed by atoms with Crippen LogP contribution in [0.25, 0.3) is 0 Å². The summed E-state index contributed by atoms with van der Waals surface area (Å²) in [6.07, 6.45) is 2.52. The Labute approximate surface area is 131 Å². The van der Waals surface area contributed by atoms with E-state index in [-0.39, 0.29) is 5.91 Å². The van der Waals surface area contributed by atoms with E-state index in [1.54, 1.807) is 0 Å². The quantitative estimate of drug-likeness (QED) is 0.854. The van der Waals surface area contributed by atoms with E-state index in [9.17, 15) is 4.79 Å². The summed E-state index contributed by atoms with van der Waals surface area (Å²) in [4.78, 5) is 14.4. The first-order chi connectivity index (χ1) is 10.8. The molecule has 1 aliphatic heterocycles. The van der Waals surface area contributed by atoms with E-state index in [1.807, 2.05) is 54.3 Å². The standard InChI is InChI=1S/C19H21NO2/c1-2-22-17-12-10-15(11-13-17)14-20-18-8-4-3-6-16(18)7-5-9-19(20)21/h3-4,6,8,10-13H,2,5,7,9,14H2,1H3. The second-order valence-corrected chi connectivity index (χ2v) is 5.54. The van der Waals surface area contributed by atoms with Crippen molar-refractivity contribution in [3.05, 3.63) is 59.7 Å². The van der Waals surface area contributed by atoms with Crippen LogP contribution in [0, 0.1) is 0 Å². The zero-order valence-electron chi connectivity index (χ0n) is 12.9. The van der Waals surface area contributed by atoms with Crippen molar-refractivity contribution in [3.8, 4) is 5.75 Å². The second kappa shape index (κ2) is 6.65. The fourth-order valence-electron chi connectivity index (χ4n) is 2.90. The fraction of sp³-hybridized carbons (Fsp3) is 0.316. The molecule has 0 bridgehead atoms. The lowest BCUT2D eigenvalue weighted by Crippen LogP contribution is -2.29. The normalized spacial score (nSPS) is 14.4. The van der Waals surface area contributed by atoms with Crippen LogP contribution in [0.2, 0.25) is 0 Å². The predicted molar refractivity (Wildman–Crippen MR) is 88.2 cm³/mol. The summed E-state index contributed by atoms with van der Waals surface area (Å²) >= 11 is 0. The van der Waals surface area contributed by atoms with Gasteiger partial charge in [0, 0.05) is 12.1 Å². The van der Waals surface area contributed by atoms with Crippen molar-refractivity contribution in [1.29, 1.82) is 0 Å². The number of rotatable bonds is 4. The van der Waals surface area contributed by atoms with E-state index in [4.69, 9.17) is 4.74 Å². The number of anilines is 1. The van der Waals surface area contributed by atoms with Gasteiger partial charge >= 0.3 is 0 Å². The number of fused-ring (bicyclic) bond motifs is 1. The van der Waals surface area contributed by atoms with Crippen molar-refractivity contribution in [2.24, 2.45) is 0 Å². The van der Waals surface area contributed by atoms with E-state index >= 15 is 0 Å². The molecule has 0 saturated heterocycles. The lowest BCUT2D eigenvalue weighted by molar-refractivity contribution is -0.118. The van der Waals surface area contributed by atoms with E-state index in [2.05, 4.69) is 6.07 Å². The Balaban J connectivity index is 1.85. The number of para-hydroxylation sites is 1. The van der Waals surface area contributed by atoms with Crippen molar-refractivity contribution in [3.63, 3.8) is 0 Å². The minimum atomic E-state index is 0.207. The molecule has 0 atom stereocenters. The van der Waals surface area contributed by atoms with Crippen molar-refractivity contribution in [2.75, 3.05) is 11.5 Å². The molecule has 3 rings (SSSR count). The summed E-state index contributed by atoms with van der Waals surface area (Å²) in [6.45, 7) is 3.25. The third-order valence-corrected chi connectivity index (χ3v) is 4.00. The molecule has 2 aromatic rings. The van der Waals surface area contributed by atoms with Crippen molar-refractivity contribution in [2.45, 2.75) is 32.7 Å². The average molecular weight is 295 g/mol. The van der Waals surface area contributed by atoms with Crippen molar-refractivity contribution >= 4 is 11.6 Å². The summed E-state index contributed by atoms with van der Waals surface area (Å²) in [6, 6.07) is 16.2. The van der Waals surface area contributed by atoms with Gasteiger partial charge in [-0.05, 0) is 49.1 Å². The number of nitrogens with zero attached hydrogens (tertiary/aromatic N) is 1. The van der Waals surface area contributed by atoms with Gasteiger partial charge in [0.1, 0.15) is 5.75 Å². The lowest BCUT2D eigenvalue weighted by Gasteiger charge is -2.23. The molecule has 0 spiro atoms. The number of amides is 1. The highest BCUT2D eigenvalue weighted by Gasteiger charge is 2.21. The van der Waals surface area contributed by atoms with Crippen LogP contribution in [0.3, 0.4) is 0 Å². The Morgan fingerprint density at radius 2 is 1.82 bits per heavy atom. The molecule has 1 aliphatic rings. The van der Waals surface area contributed by atoms with Crippen LogP contribution in [-0.2, 0) is 17.8 Å². The molecule has 1 heterocycles. The first-order valence-electron chi connectivity index (χ1n) is 7.88. The minimum Gasteiger partial charge on any atom is -0.494 e. The summed E-state index contributed by atoms with van der Waals surface area (Å²) in [7, 11) is 0. The minimum absolute atomic E-state index is 0.207. The molecule has 0 fully saturated rings. The molecule has 0 aromatic heterocycles. The first-order valence-corrected chi connectivity index (χ1v) is 7.88. The summed E-state index contributed by atoms with van der Waals surface area (Å²) in [5.41, 5.74) is 3.44. The Bertz CT molecular complexity index is 649. The maximum absolute atomic E-state index is 12.5. The molecule has 0 N–H and O–H groups in total. The van der Waals surface area contributed by atoms with Gasteiger partial charge in [-0.1, -0.05) is 30.3 Å². The molecule has 0 radical (unpaired) electrons. The van der Waals surface area contributed by atoms with Gasteiger partial charge in [-0.25, -0.2) is 0 Å². The average Bonchev–Trinajstić information content (AvgIpc) is 2.69. The molecule has 0 unspecified atom stereocenters. The van der Waals surface area contributed by atoms with E-state index in [1.165, 1.54) is 5.56 Å². The van der Waals surface area contributed by atoms with E-state index in [0.29, 0.717) is 19.6 Å². The maximum atomic E-state index is 12.5. The van der Waals surface area contributed by atoms with E-state index < -0.39 is 0 Å². The number of benzene rings is 2. The van der Waals surface area contributed by atoms with Crippen LogP contribution in [0.1, 0.15) is 30.9 Å². The predicted octanol–water partition coefficient (Wildman–Crippen LogP) is 3.95. The molecular formula is C19H21NO2. The summed E-state index contributed by atoms with van der Waals surface area (Å²) in [5.74, 6) is 1.08. The number of aryl methyl sites for hydroxylation is 1. The molecule has 22 heavy (non-hydrogen) atoms. The van der Waals surface area contributed by atoms with Crippen LogP contribution in [0.15, 0.2) is 48.5 Å². The van der Waals surface area contributed by atoms with Gasteiger partial charge in [0.25, 0.3) is 0 Å². The molecule has 3 nitrogen and oxygen atoms in total. The van der Waals surface area contributed by atoms with Gasteiger partial charge in [-0.3, -0.25) is 4.79 Å². The molecule has 0 aliphatic carbocycles. The number of hydrogen-bond acceptors (Lipinski definition) is 2. The van der Waals surface area contributed by atoms with E-state index in [0.717, 1.165) is 29.8 Å². The lowest BCUT2D eigenvalue weighted by atomic mass is 10.1. The van der Waals surface area contributed by atoms with Gasteiger partial charge in [0.15, 0.2) is 0 Å². The van der Waals surface area contributed by atoms with Crippen LogP contribution >= 0.6 is 0 Å². The molecule has 1 amide bonds. The Morgan fingerprint density at radius 1 is 1.05 bits per heavy atom. The van der Waals surface area contributed by atoms with Crippen LogP contribution in [0.4, 0.5) is 5.69 Å². The number of hydrogen-bond donors (Lipinski definition) is 0. The van der Waals surface area contributed by atoms with Crippen LogP contribution in [0.5, 0.6) is 5.75 Å². The molecule has 114 valence electrons. The van der Waals surface area contributed by atoms with Gasteiger partial charge in [0.2, 0.25) is 5.91 Å². The summed E-state index contributed by atoms with van der Waals surface area (Å²) in [5, 5.41) is 0. The molecular weight excluding hydrogens is 274 g/mol. The zero-order chi connectivity index (χ0) is 15.4. The second-order valence-electron chi connectivity index (χ2n) is 5.54. The summed E-state index contributed by atoms with van der Waals surface area (Å²) < 4.78 is 5.47. The molecule has 2 aromatic carbocycles. The fourth-order valence-corrected chi connectivity index (χ4v) is 2.90. The Morgan fingerprint density at radius 3 is 2.59 bits per heavy atom. The molecule has 3 heteroatoms. The Hall–Kier alpha value is -2.29. The largest absolute Gasteiger partial charge is 0.494 e. The Kier molecular flexibility index (Phi) is 4.42. The number of carbonyl (C=O) groups excluding carboxylic acids is 1. The van der Waals surface area contributed by atoms with Crippen molar-refractivity contribution < 1.29 is 9.53 Å². The number of ether oxygens (including phenoxy) is 1. The van der Waals surface area contributed by atoms with Gasteiger partial charge < -0.3 is 9.64 Å². The SMILES string of the molecule is CCOc1ccc(CN2C(=O)CCCc3ccccc32)cc1. The highest BCUT2D eigenvalue weighted by Crippen LogP contribution is 2.28. The van der Waals surface area contributed by atoms with Crippen LogP contribution in [-0.4, -0.2) is 12.5 Å². The van der Waals surface area contributed by atoms with Gasteiger partial charge in [-0.2, -0.15) is 0 Å². The van der Waals surface area contributed by atoms with Gasteiger partial charge in [-0.15, -0.1) is 0 Å². The topological polar surface area (TPSA) is 29.5 Å². The van der Waals surface area contributed by atoms with Crippen molar-refractivity contribution in [1.82, 2.24) is 0 Å². The third-order valence-electron chi connectivity index (χ3n) is 4.00. The van der Waals surface area contributed by atoms with Gasteiger partial charge in [0.05, 0.1) is 13.2 Å². The first kappa shape index (κ1) is 14.6. The van der Waals surface area contributed by atoms with Crippen LogP contribution < -0.4 is 9.64 Å². The maximum Gasteiger partial charge on any atom is 0.227 e. The highest BCUT2D eigenvalue weighted by atomic mass is 16.5. The smallest absolute Gasteiger partial charge is 0.227 e.